The number of rotatable bonds is 19. The standard InChI is InChI=1S/C88H84N4O3/c1-14-16-23-63(90(66-38-46-72(93-11)47-39-66)69-45-53-82-79(56-69)77-27-19-21-29-81(77)87(82,7)8)24-22-54-89(61-30-34-64(35-31-61)91(67-40-48-73(94-12)49-41-67)70-44-52-78-76-26-18-20-28-80(76)88(9,10)83(78)57-70)62-32-36-65(37-33-62)92(68-42-50-74(95-13)51-43-68)71-55-59(3)85-75(25-17-15-2)60(4)86(5,6)84(85)58-71/h15-58H,4,14H2,1-3,5-13H3/b17-15-,23-16-,54-22+,63-24+,75-25+. The number of hydrogen-bond acceptors (Lipinski definition) is 7. The first-order valence-corrected chi connectivity index (χ1v) is 33.0. The first-order valence-electron chi connectivity index (χ1n) is 33.0. The molecule has 0 saturated heterocycles. The minimum Gasteiger partial charge on any atom is -0.497 e. The number of hydrogen-bond donors (Lipinski definition) is 0. The van der Waals surface area contributed by atoms with Crippen LogP contribution < -0.4 is 33.8 Å². The van der Waals surface area contributed by atoms with Crippen LogP contribution in [-0.4, -0.2) is 21.3 Å². The molecule has 0 aliphatic heterocycles. The van der Waals surface area contributed by atoms with Crippen LogP contribution in [0.5, 0.6) is 17.2 Å². The van der Waals surface area contributed by atoms with E-state index >= 15 is 0 Å². The number of methoxy groups -OCH3 is 3. The zero-order chi connectivity index (χ0) is 66.3. The fourth-order valence-corrected chi connectivity index (χ4v) is 14.5. The molecule has 0 amide bonds. The van der Waals surface area contributed by atoms with Gasteiger partial charge in [0.1, 0.15) is 17.2 Å². The molecule has 0 bridgehead atoms. The number of benzene rings is 10. The average molecular weight is 1250 g/mol. The molecule has 474 valence electrons. The number of aryl methyl sites for hydroxylation is 1. The summed E-state index contributed by atoms with van der Waals surface area (Å²) in [7, 11) is 5.14. The van der Waals surface area contributed by atoms with Crippen LogP contribution in [-0.2, 0) is 16.2 Å². The summed E-state index contributed by atoms with van der Waals surface area (Å²) in [4.78, 5) is 9.35. The lowest BCUT2D eigenvalue weighted by molar-refractivity contribution is 0.414. The van der Waals surface area contributed by atoms with Gasteiger partial charge in [-0.25, -0.2) is 0 Å². The Morgan fingerprint density at radius 1 is 0.432 bits per heavy atom. The summed E-state index contributed by atoms with van der Waals surface area (Å²) in [5, 5.41) is 0. The predicted octanol–water partition coefficient (Wildman–Crippen LogP) is 23.7. The fraction of sp³-hybridized carbons (Fsp3) is 0.182. The van der Waals surface area contributed by atoms with Crippen molar-refractivity contribution in [2.24, 2.45) is 0 Å². The Balaban J connectivity index is 0.949. The highest BCUT2D eigenvalue weighted by atomic mass is 16.5. The normalized spacial score (nSPS) is 15.0. The smallest absolute Gasteiger partial charge is 0.119 e. The third-order valence-corrected chi connectivity index (χ3v) is 19.8. The lowest BCUT2D eigenvalue weighted by Gasteiger charge is -2.30. The van der Waals surface area contributed by atoms with Gasteiger partial charge in [-0.15, -0.1) is 0 Å². The zero-order valence-corrected chi connectivity index (χ0v) is 56.8. The van der Waals surface area contributed by atoms with Crippen molar-refractivity contribution in [3.8, 4) is 39.5 Å². The van der Waals surface area contributed by atoms with Gasteiger partial charge in [-0.05, 0) is 269 Å². The Hall–Kier alpha value is -10.8. The van der Waals surface area contributed by atoms with Crippen molar-refractivity contribution in [3.63, 3.8) is 0 Å². The highest BCUT2D eigenvalue weighted by Crippen LogP contribution is 2.55. The van der Waals surface area contributed by atoms with Crippen LogP contribution in [0, 0.1) is 6.92 Å². The van der Waals surface area contributed by atoms with Gasteiger partial charge in [0, 0.05) is 85.0 Å². The lowest BCUT2D eigenvalue weighted by atomic mass is 9.82. The largest absolute Gasteiger partial charge is 0.497 e. The Morgan fingerprint density at radius 3 is 1.41 bits per heavy atom. The highest BCUT2D eigenvalue weighted by Gasteiger charge is 2.40. The van der Waals surface area contributed by atoms with Gasteiger partial charge in [0.2, 0.25) is 0 Å². The van der Waals surface area contributed by atoms with E-state index in [1.807, 2.05) is 36.4 Å². The number of fused-ring (bicyclic) bond motifs is 7. The predicted molar refractivity (Wildman–Crippen MR) is 401 cm³/mol. The topological polar surface area (TPSA) is 40.7 Å². The minimum absolute atomic E-state index is 0.130. The van der Waals surface area contributed by atoms with Gasteiger partial charge in [-0.2, -0.15) is 0 Å². The van der Waals surface area contributed by atoms with Crippen molar-refractivity contribution in [2.45, 2.75) is 85.0 Å². The molecule has 3 aliphatic carbocycles. The van der Waals surface area contributed by atoms with Crippen LogP contribution in [0.15, 0.2) is 285 Å². The number of ether oxygens (including phenoxy) is 3. The molecule has 0 atom stereocenters. The molecule has 0 heterocycles. The van der Waals surface area contributed by atoms with Crippen LogP contribution >= 0.6 is 0 Å². The lowest BCUT2D eigenvalue weighted by Crippen LogP contribution is -2.17. The third-order valence-electron chi connectivity index (χ3n) is 19.8. The molecule has 0 fully saturated rings. The molecule has 0 aromatic heterocycles. The van der Waals surface area contributed by atoms with Crippen LogP contribution in [0.2, 0.25) is 0 Å². The second-order valence-electron chi connectivity index (χ2n) is 26.4. The van der Waals surface area contributed by atoms with Gasteiger partial charge in [-0.1, -0.05) is 140 Å². The summed E-state index contributed by atoms with van der Waals surface area (Å²) < 4.78 is 17.1. The van der Waals surface area contributed by atoms with Crippen molar-refractivity contribution < 1.29 is 14.2 Å². The van der Waals surface area contributed by atoms with Crippen LogP contribution in [0.4, 0.5) is 56.9 Å². The van der Waals surface area contributed by atoms with E-state index in [1.54, 1.807) is 21.3 Å². The summed E-state index contributed by atoms with van der Waals surface area (Å²) in [5.41, 5.74) is 27.1. The van der Waals surface area contributed by atoms with Gasteiger partial charge in [-0.3, -0.25) is 0 Å². The van der Waals surface area contributed by atoms with Crippen molar-refractivity contribution in [3.05, 3.63) is 324 Å². The van der Waals surface area contributed by atoms with E-state index in [0.29, 0.717) is 0 Å². The van der Waals surface area contributed by atoms with Gasteiger partial charge in [0.25, 0.3) is 0 Å². The molecule has 10 aromatic carbocycles. The summed E-state index contributed by atoms with van der Waals surface area (Å²) in [6, 6.07) is 79.2. The van der Waals surface area contributed by atoms with E-state index in [2.05, 4.69) is 319 Å². The fourth-order valence-electron chi connectivity index (χ4n) is 14.5. The molecular weight excluding hydrogens is 1160 g/mol. The average Bonchev–Trinajstić information content (AvgIpc) is 1.61. The van der Waals surface area contributed by atoms with E-state index in [-0.39, 0.29) is 16.2 Å². The molecule has 0 spiro atoms. The summed E-state index contributed by atoms with van der Waals surface area (Å²) in [6.07, 6.45) is 18.3. The van der Waals surface area contributed by atoms with E-state index in [4.69, 9.17) is 14.2 Å². The molecule has 0 N–H and O–H groups in total. The minimum atomic E-state index is -0.283. The quantitative estimate of drug-likeness (QED) is 0.0747. The van der Waals surface area contributed by atoms with Crippen molar-refractivity contribution in [1.29, 1.82) is 0 Å². The SMILES string of the molecule is C=C1/C(=C\C=C/C)c2c(C)cc(N(c3ccc(OC)cc3)c3ccc(N(/C=C/C=C(\C=C/CC)N(c4ccc(OC)cc4)c4ccc5c(c4)-c4ccccc4C5(C)C)c4ccc(N(c5ccc(OC)cc5)c5ccc6c(c5)C(C)(C)c5ccccc5-6)cc4)cc3)cc2C1(C)C. The number of nitrogens with zero attached hydrogens (tertiary/aromatic N) is 4. The van der Waals surface area contributed by atoms with Crippen molar-refractivity contribution in [1.82, 2.24) is 0 Å². The first kappa shape index (κ1) is 63.0. The monoisotopic (exact) mass is 1240 g/mol. The molecule has 95 heavy (non-hydrogen) atoms. The maximum atomic E-state index is 5.72. The molecule has 7 nitrogen and oxygen atoms in total. The second kappa shape index (κ2) is 25.6. The molecule has 0 radical (unpaired) electrons. The molecule has 3 aliphatic rings. The van der Waals surface area contributed by atoms with E-state index in [0.717, 1.165) is 91.8 Å². The van der Waals surface area contributed by atoms with Crippen LogP contribution in [0.1, 0.15) is 101 Å². The molecule has 7 heteroatoms. The Morgan fingerprint density at radius 2 is 0.874 bits per heavy atom. The number of allylic oxidation sites excluding steroid dienone is 9. The zero-order valence-electron chi connectivity index (χ0n) is 56.8. The Labute approximate surface area is 562 Å². The van der Waals surface area contributed by atoms with Crippen LogP contribution in [0.25, 0.3) is 27.8 Å². The third kappa shape index (κ3) is 11.4. The molecule has 0 saturated carbocycles. The maximum Gasteiger partial charge on any atom is 0.119 e. The van der Waals surface area contributed by atoms with E-state index in [1.165, 1.54) is 66.8 Å². The van der Waals surface area contributed by atoms with Gasteiger partial charge < -0.3 is 33.8 Å². The highest BCUT2D eigenvalue weighted by molar-refractivity contribution is 5.94. The summed E-state index contributed by atoms with van der Waals surface area (Å²) >= 11 is 0. The Kier molecular flexibility index (Phi) is 17.0. The number of anilines is 10. The molecule has 10 aromatic rings. The van der Waals surface area contributed by atoms with E-state index < -0.39 is 0 Å². The van der Waals surface area contributed by atoms with Gasteiger partial charge in [0.15, 0.2) is 0 Å². The first-order chi connectivity index (χ1) is 46.0. The second-order valence-corrected chi connectivity index (χ2v) is 26.4. The Bertz CT molecular complexity index is 4700. The summed E-state index contributed by atoms with van der Waals surface area (Å²) in [6.45, 7) is 25.1. The molecular formula is C88H84N4O3. The van der Waals surface area contributed by atoms with E-state index in [9.17, 15) is 0 Å². The van der Waals surface area contributed by atoms with Gasteiger partial charge >= 0.3 is 0 Å². The maximum absolute atomic E-state index is 5.72. The van der Waals surface area contributed by atoms with Crippen LogP contribution in [0.3, 0.4) is 0 Å². The molecule has 13 rings (SSSR count). The van der Waals surface area contributed by atoms with Crippen molar-refractivity contribution >= 4 is 62.4 Å². The molecule has 0 unspecified atom stereocenters. The van der Waals surface area contributed by atoms with Gasteiger partial charge in [0.05, 0.1) is 21.3 Å². The van der Waals surface area contributed by atoms with Crippen molar-refractivity contribution in [2.75, 3.05) is 40.9 Å². The summed E-state index contributed by atoms with van der Waals surface area (Å²) in [5.74, 6) is 2.40.